The number of thioether (sulfide) groups is 1. The maximum Gasteiger partial charge on any atom is 0.407 e. The molecule has 1 aliphatic carbocycles. The predicted octanol–water partition coefficient (Wildman–Crippen LogP) is 10.2. The quantitative estimate of drug-likeness (QED) is 0.0822. The number of amides is 1. The molecule has 0 spiro atoms. The molecule has 0 radical (unpaired) electrons. The minimum absolute atomic E-state index is 0.0280. The van der Waals surface area contributed by atoms with Crippen LogP contribution in [-0.2, 0) is 16.9 Å². The van der Waals surface area contributed by atoms with Crippen LogP contribution < -0.4 is 19.7 Å². The van der Waals surface area contributed by atoms with Crippen LogP contribution in [0.1, 0.15) is 41.1 Å². The van der Waals surface area contributed by atoms with Gasteiger partial charge in [-0.05, 0) is 90.0 Å². The Balaban J connectivity index is 1.10. The van der Waals surface area contributed by atoms with Gasteiger partial charge in [0.05, 0.1) is 19.9 Å². The molecule has 0 saturated carbocycles. The Hall–Kier alpha value is -5.88. The number of anilines is 2. The fourth-order valence-electron chi connectivity index (χ4n) is 7.09. The van der Waals surface area contributed by atoms with Crippen LogP contribution in [0.15, 0.2) is 114 Å². The zero-order valence-corrected chi connectivity index (χ0v) is 32.0. The van der Waals surface area contributed by atoms with E-state index in [4.69, 9.17) is 19.2 Å². The molecule has 0 saturated heterocycles. The Bertz CT molecular complexity index is 2270. The Morgan fingerprint density at radius 2 is 1.48 bits per heavy atom. The van der Waals surface area contributed by atoms with Gasteiger partial charge in [0, 0.05) is 48.3 Å². The van der Waals surface area contributed by atoms with E-state index in [1.165, 1.54) is 42.1 Å². The number of rotatable bonds is 15. The first kappa shape index (κ1) is 38.4. The summed E-state index contributed by atoms with van der Waals surface area (Å²) < 4.78 is 62.3. The number of carbonyl (C=O) groups is 1. The van der Waals surface area contributed by atoms with Gasteiger partial charge in [0.2, 0.25) is 0 Å². The van der Waals surface area contributed by atoms with E-state index in [0.29, 0.717) is 59.7 Å². The number of hydrogen-bond acceptors (Lipinski definition) is 7. The van der Waals surface area contributed by atoms with E-state index in [1.807, 2.05) is 52.9 Å². The van der Waals surface area contributed by atoms with Gasteiger partial charge >= 0.3 is 6.09 Å². The SMILES string of the molecule is COc1ccc(N(C)c2c(CCCCNC(=O)OCC3c4ccccc4-c4ccccc43)nc(SCc3c(F)cccc3F)n2-c2ccc(F)cc2)cc1OC. The summed E-state index contributed by atoms with van der Waals surface area (Å²) in [6.07, 6.45) is 1.27. The lowest BCUT2D eigenvalue weighted by atomic mass is 9.98. The number of aromatic nitrogens is 2. The zero-order valence-electron chi connectivity index (χ0n) is 31.2. The molecular formula is C44H41F3N4O4S. The average Bonchev–Trinajstić information content (AvgIpc) is 3.74. The highest BCUT2D eigenvalue weighted by Crippen LogP contribution is 2.45. The third-order valence-corrected chi connectivity index (χ3v) is 10.9. The molecule has 5 aromatic carbocycles. The number of fused-ring (bicyclic) bond motifs is 3. The number of halogens is 3. The molecule has 0 aliphatic heterocycles. The summed E-state index contributed by atoms with van der Waals surface area (Å²) in [5.74, 6) is -0.0140. The predicted molar refractivity (Wildman–Crippen MR) is 213 cm³/mol. The van der Waals surface area contributed by atoms with Crippen molar-refractivity contribution in [2.24, 2.45) is 0 Å². The molecule has 288 valence electrons. The first-order valence-electron chi connectivity index (χ1n) is 18.2. The number of unbranched alkanes of at least 4 members (excludes halogenated alkanes) is 1. The number of nitrogens with zero attached hydrogens (tertiary/aromatic N) is 3. The van der Waals surface area contributed by atoms with Gasteiger partial charge in [-0.15, -0.1) is 0 Å². The minimum atomic E-state index is -0.649. The lowest BCUT2D eigenvalue weighted by Crippen LogP contribution is -2.27. The molecule has 7 rings (SSSR count). The lowest BCUT2D eigenvalue weighted by molar-refractivity contribution is 0.143. The van der Waals surface area contributed by atoms with Crippen molar-refractivity contribution in [2.45, 2.75) is 36.1 Å². The monoisotopic (exact) mass is 778 g/mol. The Morgan fingerprint density at radius 3 is 2.14 bits per heavy atom. The standard InChI is InChI=1S/C44H41F3N4O4S/c1-50(30-22-23-40(53-2)41(25-30)54-3)42-39(49-43(51(42)29-20-18-28(45)19-21-29)56-27-36-37(46)15-10-16-38(36)47)17-8-9-24-48-44(52)55-26-35-33-13-6-4-11-31(33)32-12-5-7-14-34(32)35/h4-7,10-16,18-23,25,35H,8-9,17,24,26-27H2,1-3H3,(H,48,52). The van der Waals surface area contributed by atoms with Crippen molar-refractivity contribution in [3.8, 4) is 28.3 Å². The van der Waals surface area contributed by atoms with E-state index in [-0.39, 0.29) is 23.8 Å². The van der Waals surface area contributed by atoms with Gasteiger partial charge in [-0.25, -0.2) is 22.9 Å². The number of methoxy groups -OCH3 is 2. The van der Waals surface area contributed by atoms with E-state index in [2.05, 4.69) is 29.6 Å². The van der Waals surface area contributed by atoms with E-state index in [0.717, 1.165) is 27.9 Å². The van der Waals surface area contributed by atoms with Crippen molar-refractivity contribution < 1.29 is 32.2 Å². The van der Waals surface area contributed by atoms with E-state index in [9.17, 15) is 18.0 Å². The summed E-state index contributed by atoms with van der Waals surface area (Å²) in [6.45, 7) is 0.605. The first-order chi connectivity index (χ1) is 27.3. The highest BCUT2D eigenvalue weighted by atomic mass is 32.2. The molecule has 0 bridgehead atoms. The summed E-state index contributed by atoms with van der Waals surface area (Å²) in [7, 11) is 5.00. The maximum absolute atomic E-state index is 14.7. The van der Waals surface area contributed by atoms with Crippen molar-refractivity contribution in [3.63, 3.8) is 0 Å². The molecule has 0 fully saturated rings. The van der Waals surface area contributed by atoms with Crippen LogP contribution in [0.2, 0.25) is 0 Å². The van der Waals surface area contributed by atoms with Gasteiger partial charge in [-0.1, -0.05) is 66.4 Å². The van der Waals surface area contributed by atoms with Crippen LogP contribution >= 0.6 is 11.8 Å². The van der Waals surface area contributed by atoms with Crippen LogP contribution in [0.25, 0.3) is 16.8 Å². The third-order valence-electron chi connectivity index (χ3n) is 9.91. The number of alkyl carbamates (subject to hydrolysis) is 1. The topological polar surface area (TPSA) is 77.9 Å². The highest BCUT2D eigenvalue weighted by molar-refractivity contribution is 7.98. The van der Waals surface area contributed by atoms with Gasteiger partial charge in [-0.3, -0.25) is 4.57 Å². The molecule has 1 N–H and O–H groups in total. The summed E-state index contributed by atoms with van der Waals surface area (Å²) in [6, 6.07) is 31.7. The lowest BCUT2D eigenvalue weighted by Gasteiger charge is -2.24. The van der Waals surface area contributed by atoms with Crippen LogP contribution in [0, 0.1) is 17.5 Å². The van der Waals surface area contributed by atoms with Gasteiger partial charge in [0.25, 0.3) is 0 Å². The molecular weight excluding hydrogens is 738 g/mol. The molecule has 8 nitrogen and oxygen atoms in total. The number of hydrogen-bond donors (Lipinski definition) is 1. The molecule has 12 heteroatoms. The first-order valence-corrected chi connectivity index (χ1v) is 19.2. The number of carbonyl (C=O) groups excluding carboxylic acids is 1. The number of nitrogens with one attached hydrogen (secondary N) is 1. The van der Waals surface area contributed by atoms with Crippen molar-refractivity contribution >= 4 is 29.4 Å². The molecule has 0 atom stereocenters. The van der Waals surface area contributed by atoms with Crippen molar-refractivity contribution in [2.75, 3.05) is 39.3 Å². The number of aryl methyl sites for hydroxylation is 1. The van der Waals surface area contributed by atoms with Crippen molar-refractivity contribution in [3.05, 3.63) is 149 Å². The number of imidazole rings is 1. The summed E-state index contributed by atoms with van der Waals surface area (Å²) in [4.78, 5) is 19.8. The van der Waals surface area contributed by atoms with Crippen molar-refractivity contribution in [1.82, 2.24) is 14.9 Å². The van der Waals surface area contributed by atoms with E-state index < -0.39 is 23.5 Å². The fourth-order valence-corrected chi connectivity index (χ4v) is 8.13. The van der Waals surface area contributed by atoms with Gasteiger partial charge < -0.3 is 24.4 Å². The minimum Gasteiger partial charge on any atom is -0.493 e. The van der Waals surface area contributed by atoms with Crippen molar-refractivity contribution in [1.29, 1.82) is 0 Å². The third kappa shape index (κ3) is 8.06. The Kier molecular flexibility index (Phi) is 11.9. The maximum atomic E-state index is 14.7. The Morgan fingerprint density at radius 1 is 0.821 bits per heavy atom. The molecule has 1 aromatic heterocycles. The fraction of sp³-hybridized carbons (Fsp3) is 0.227. The number of ether oxygens (including phenoxy) is 3. The molecule has 0 unspecified atom stereocenters. The van der Waals surface area contributed by atoms with E-state index in [1.54, 1.807) is 32.4 Å². The van der Waals surface area contributed by atoms with Crippen LogP contribution in [0.3, 0.4) is 0 Å². The summed E-state index contributed by atoms with van der Waals surface area (Å²) >= 11 is 1.18. The van der Waals surface area contributed by atoms with Crippen LogP contribution in [0.5, 0.6) is 11.5 Å². The van der Waals surface area contributed by atoms with Gasteiger partial charge in [0.15, 0.2) is 16.7 Å². The van der Waals surface area contributed by atoms with E-state index >= 15 is 0 Å². The summed E-state index contributed by atoms with van der Waals surface area (Å²) in [5, 5.41) is 3.36. The number of benzene rings is 5. The zero-order chi connectivity index (χ0) is 39.2. The molecule has 1 heterocycles. The molecule has 1 aliphatic rings. The van der Waals surface area contributed by atoms with Gasteiger partial charge in [0.1, 0.15) is 29.9 Å². The smallest absolute Gasteiger partial charge is 0.407 e. The molecule has 6 aromatic rings. The Labute approximate surface area is 328 Å². The highest BCUT2D eigenvalue weighted by Gasteiger charge is 2.29. The van der Waals surface area contributed by atoms with Crippen LogP contribution in [-0.4, -0.2) is 50.1 Å². The van der Waals surface area contributed by atoms with Gasteiger partial charge in [-0.2, -0.15) is 0 Å². The molecule has 56 heavy (non-hydrogen) atoms. The largest absolute Gasteiger partial charge is 0.493 e. The second-order valence-electron chi connectivity index (χ2n) is 13.3. The second kappa shape index (κ2) is 17.3. The van der Waals surface area contributed by atoms with Crippen LogP contribution in [0.4, 0.5) is 29.5 Å². The molecule has 1 amide bonds. The average molecular weight is 779 g/mol. The summed E-state index contributed by atoms with van der Waals surface area (Å²) in [5.41, 5.74) is 6.61. The second-order valence-corrected chi connectivity index (χ2v) is 14.2. The normalized spacial score (nSPS) is 11.9.